The molecule has 0 fully saturated rings. The number of fused-ring (bicyclic) bond motifs is 4. The third-order valence-electron chi connectivity index (χ3n) is 7.40. The lowest BCUT2D eigenvalue weighted by Gasteiger charge is -2.19. The average molecular weight is 493 g/mol. The Morgan fingerprint density at radius 2 is 1.24 bits per heavy atom. The molecule has 38 heavy (non-hydrogen) atoms. The first-order chi connectivity index (χ1) is 18.5. The van der Waals surface area contributed by atoms with E-state index >= 15 is 0 Å². The fourth-order valence-corrected chi connectivity index (χ4v) is 5.33. The highest BCUT2D eigenvalue weighted by Crippen LogP contribution is 2.37. The second-order valence-corrected chi connectivity index (χ2v) is 10.9. The van der Waals surface area contributed by atoms with Gasteiger partial charge in [0.2, 0.25) is 5.89 Å². The molecular weight excluding hydrogens is 464 g/mol. The van der Waals surface area contributed by atoms with E-state index in [0.717, 1.165) is 16.7 Å². The van der Waals surface area contributed by atoms with E-state index in [0.29, 0.717) is 5.89 Å². The maximum atomic E-state index is 5.98. The summed E-state index contributed by atoms with van der Waals surface area (Å²) in [5.41, 5.74) is 10.0. The van der Waals surface area contributed by atoms with Crippen LogP contribution in [0.25, 0.3) is 61.2 Å². The van der Waals surface area contributed by atoms with E-state index < -0.39 is 0 Å². The van der Waals surface area contributed by atoms with Gasteiger partial charge in [-0.3, -0.25) is 0 Å². The first kappa shape index (κ1) is 22.6. The third-order valence-corrected chi connectivity index (χ3v) is 7.40. The fraction of sp³-hybridized carbons (Fsp3) is 0.114. The van der Waals surface area contributed by atoms with Crippen LogP contribution in [0, 0.1) is 0 Å². The smallest absolute Gasteiger partial charge is 0.227 e. The van der Waals surface area contributed by atoms with Crippen molar-refractivity contribution in [1.82, 2.24) is 9.55 Å². The zero-order valence-electron chi connectivity index (χ0n) is 21.8. The van der Waals surface area contributed by atoms with Crippen molar-refractivity contribution in [1.29, 1.82) is 0 Å². The Labute approximate surface area is 222 Å². The van der Waals surface area contributed by atoms with Crippen LogP contribution in [0.4, 0.5) is 0 Å². The molecule has 0 spiro atoms. The molecule has 3 heteroatoms. The molecule has 0 saturated carbocycles. The van der Waals surface area contributed by atoms with Gasteiger partial charge in [-0.05, 0) is 82.8 Å². The van der Waals surface area contributed by atoms with Crippen LogP contribution in [0.1, 0.15) is 26.3 Å². The number of para-hydroxylation sites is 3. The van der Waals surface area contributed by atoms with Gasteiger partial charge in [-0.2, -0.15) is 0 Å². The largest absolute Gasteiger partial charge is 0.436 e. The van der Waals surface area contributed by atoms with Crippen molar-refractivity contribution >= 4 is 32.9 Å². The topological polar surface area (TPSA) is 31.0 Å². The predicted molar refractivity (Wildman–Crippen MR) is 158 cm³/mol. The highest BCUT2D eigenvalue weighted by molar-refractivity contribution is 6.10. The maximum absolute atomic E-state index is 5.98. The molecule has 5 aromatic carbocycles. The van der Waals surface area contributed by atoms with E-state index in [1.807, 2.05) is 24.3 Å². The summed E-state index contributed by atoms with van der Waals surface area (Å²) in [6.45, 7) is 6.82. The minimum absolute atomic E-state index is 0.0769. The first-order valence-corrected chi connectivity index (χ1v) is 13.1. The summed E-state index contributed by atoms with van der Waals surface area (Å²) in [6, 6.07) is 40.7. The second-order valence-electron chi connectivity index (χ2n) is 10.9. The van der Waals surface area contributed by atoms with E-state index in [-0.39, 0.29) is 5.41 Å². The monoisotopic (exact) mass is 492 g/mol. The lowest BCUT2D eigenvalue weighted by atomic mass is 9.86. The molecule has 0 bridgehead atoms. The quantitative estimate of drug-likeness (QED) is 0.246. The molecular formula is C35H28N2O. The van der Waals surface area contributed by atoms with Gasteiger partial charge in [0.1, 0.15) is 5.52 Å². The van der Waals surface area contributed by atoms with Gasteiger partial charge >= 0.3 is 0 Å². The average Bonchev–Trinajstić information content (AvgIpc) is 3.52. The molecule has 2 aromatic heterocycles. The van der Waals surface area contributed by atoms with E-state index in [9.17, 15) is 0 Å². The van der Waals surface area contributed by atoms with E-state index in [1.54, 1.807) is 0 Å². The van der Waals surface area contributed by atoms with Crippen LogP contribution in [0.3, 0.4) is 0 Å². The minimum atomic E-state index is 0.0769. The Bertz CT molecular complexity index is 1900. The van der Waals surface area contributed by atoms with Gasteiger partial charge in [-0.25, -0.2) is 4.98 Å². The standard InChI is InChI=1S/C35H28N2O/c1-35(2,3)26-18-20-32-29(22-26)28-21-25(17-19-31(28)37(32)27-9-5-4-6-10-27)23-13-15-24(16-14-23)34-36-30-11-7-8-12-33(30)38-34/h4-22H,1-3H3. The highest BCUT2D eigenvalue weighted by atomic mass is 16.3. The van der Waals surface area contributed by atoms with Gasteiger partial charge in [0, 0.05) is 22.0 Å². The molecule has 0 N–H and O–H groups in total. The summed E-state index contributed by atoms with van der Waals surface area (Å²) in [7, 11) is 0. The predicted octanol–water partition coefficient (Wildman–Crippen LogP) is 9.56. The van der Waals surface area contributed by atoms with Gasteiger partial charge < -0.3 is 8.98 Å². The van der Waals surface area contributed by atoms with Crippen LogP contribution in [-0.2, 0) is 5.41 Å². The fourth-order valence-electron chi connectivity index (χ4n) is 5.33. The molecule has 184 valence electrons. The number of rotatable bonds is 3. The van der Waals surface area contributed by atoms with Crippen molar-refractivity contribution in [2.75, 3.05) is 0 Å². The number of benzene rings is 5. The van der Waals surface area contributed by atoms with Gasteiger partial charge in [0.05, 0.1) is 11.0 Å². The number of hydrogen-bond acceptors (Lipinski definition) is 2. The summed E-state index contributed by atoms with van der Waals surface area (Å²) in [5.74, 6) is 0.647. The van der Waals surface area contributed by atoms with Crippen molar-refractivity contribution in [3.63, 3.8) is 0 Å². The Hall–Kier alpha value is -4.63. The summed E-state index contributed by atoms with van der Waals surface area (Å²) >= 11 is 0. The van der Waals surface area contributed by atoms with Gasteiger partial charge in [-0.15, -0.1) is 0 Å². The van der Waals surface area contributed by atoms with Gasteiger partial charge in [0.15, 0.2) is 5.58 Å². The third kappa shape index (κ3) is 3.71. The normalized spacial score (nSPS) is 12.1. The Balaban J connectivity index is 1.37. The Kier molecular flexibility index (Phi) is 5.02. The van der Waals surface area contributed by atoms with E-state index in [2.05, 4.69) is 121 Å². The summed E-state index contributed by atoms with van der Waals surface area (Å²) in [6.07, 6.45) is 0. The Morgan fingerprint density at radius 1 is 0.605 bits per heavy atom. The molecule has 7 aromatic rings. The van der Waals surface area contributed by atoms with Crippen LogP contribution >= 0.6 is 0 Å². The lowest BCUT2D eigenvalue weighted by molar-refractivity contribution is 0.591. The summed E-state index contributed by atoms with van der Waals surface area (Å²) in [5, 5.41) is 2.54. The van der Waals surface area contributed by atoms with Crippen molar-refractivity contribution in [3.8, 4) is 28.3 Å². The van der Waals surface area contributed by atoms with Gasteiger partial charge in [0.25, 0.3) is 0 Å². The highest BCUT2D eigenvalue weighted by Gasteiger charge is 2.18. The zero-order chi connectivity index (χ0) is 25.9. The van der Waals surface area contributed by atoms with E-state index in [4.69, 9.17) is 4.42 Å². The second kappa shape index (κ2) is 8.46. The Morgan fingerprint density at radius 3 is 1.97 bits per heavy atom. The number of hydrogen-bond donors (Lipinski definition) is 0. The first-order valence-electron chi connectivity index (χ1n) is 13.1. The molecule has 0 saturated heterocycles. The molecule has 0 aliphatic heterocycles. The molecule has 2 heterocycles. The summed E-state index contributed by atoms with van der Waals surface area (Å²) in [4.78, 5) is 4.65. The number of oxazole rings is 1. The van der Waals surface area contributed by atoms with Crippen LogP contribution in [0.2, 0.25) is 0 Å². The van der Waals surface area contributed by atoms with Gasteiger partial charge in [-0.1, -0.05) is 75.4 Å². The number of aromatic nitrogens is 2. The van der Waals surface area contributed by atoms with Crippen molar-refractivity contribution in [2.24, 2.45) is 0 Å². The van der Waals surface area contributed by atoms with Crippen LogP contribution in [-0.4, -0.2) is 9.55 Å². The minimum Gasteiger partial charge on any atom is -0.436 e. The van der Waals surface area contributed by atoms with Crippen LogP contribution in [0.5, 0.6) is 0 Å². The molecule has 3 nitrogen and oxygen atoms in total. The molecule has 0 aliphatic rings. The number of nitrogens with zero attached hydrogens (tertiary/aromatic N) is 2. The molecule has 0 unspecified atom stereocenters. The molecule has 0 radical (unpaired) electrons. The zero-order valence-corrected chi connectivity index (χ0v) is 21.8. The van der Waals surface area contributed by atoms with Crippen LogP contribution in [0.15, 0.2) is 120 Å². The molecule has 0 aliphatic carbocycles. The molecule has 7 rings (SSSR count). The van der Waals surface area contributed by atoms with Crippen LogP contribution < -0.4 is 0 Å². The van der Waals surface area contributed by atoms with Crippen molar-refractivity contribution in [3.05, 3.63) is 121 Å². The lowest BCUT2D eigenvalue weighted by Crippen LogP contribution is -2.10. The summed E-state index contributed by atoms with van der Waals surface area (Å²) < 4.78 is 8.35. The molecule has 0 amide bonds. The van der Waals surface area contributed by atoms with Crippen molar-refractivity contribution in [2.45, 2.75) is 26.2 Å². The SMILES string of the molecule is CC(C)(C)c1ccc2c(c1)c1cc(-c3ccc(-c4nc5ccccc5o4)cc3)ccc1n2-c1ccccc1. The van der Waals surface area contributed by atoms with E-state index in [1.165, 1.54) is 44.2 Å². The maximum Gasteiger partial charge on any atom is 0.227 e. The molecule has 0 atom stereocenters. The van der Waals surface area contributed by atoms with Crippen molar-refractivity contribution < 1.29 is 4.42 Å².